The second kappa shape index (κ2) is 6.78. The molecule has 0 saturated carbocycles. The van der Waals surface area contributed by atoms with Crippen LogP contribution in [0, 0.1) is 0 Å². The smallest absolute Gasteiger partial charge is 0.259 e. The average molecular weight is 362 g/mol. The summed E-state index contributed by atoms with van der Waals surface area (Å²) in [6.07, 6.45) is 4.85. The number of nitrogens with one attached hydrogen (secondary N) is 2. The summed E-state index contributed by atoms with van der Waals surface area (Å²) in [6.45, 7) is 1.64. The van der Waals surface area contributed by atoms with Gasteiger partial charge in [0.15, 0.2) is 0 Å². The first-order chi connectivity index (χ1) is 13.3. The van der Waals surface area contributed by atoms with Crippen molar-refractivity contribution in [1.29, 1.82) is 0 Å². The van der Waals surface area contributed by atoms with Crippen LogP contribution in [0.3, 0.4) is 0 Å². The van der Waals surface area contributed by atoms with Gasteiger partial charge >= 0.3 is 0 Å². The van der Waals surface area contributed by atoms with Gasteiger partial charge in [-0.2, -0.15) is 4.98 Å². The minimum atomic E-state index is -0.142. The molecule has 1 aliphatic heterocycles. The van der Waals surface area contributed by atoms with E-state index in [-0.39, 0.29) is 11.5 Å². The molecule has 2 aromatic heterocycles. The van der Waals surface area contributed by atoms with E-state index < -0.39 is 0 Å². The van der Waals surface area contributed by atoms with E-state index in [0.29, 0.717) is 17.3 Å². The SMILES string of the molecule is O=c1[nH]c2c(cc1-c1noc(C3CCc4ccccc4CC3)n1)CNCC2. The Kier molecular flexibility index (Phi) is 4.13. The third-order valence-electron chi connectivity index (χ3n) is 5.76. The topological polar surface area (TPSA) is 83.8 Å². The fourth-order valence-corrected chi connectivity index (χ4v) is 4.20. The molecule has 5 rings (SSSR count). The van der Waals surface area contributed by atoms with Crippen LogP contribution in [0.25, 0.3) is 11.4 Å². The van der Waals surface area contributed by atoms with Gasteiger partial charge in [-0.3, -0.25) is 4.79 Å². The summed E-state index contributed by atoms with van der Waals surface area (Å²) >= 11 is 0. The lowest BCUT2D eigenvalue weighted by Gasteiger charge is -2.16. The highest BCUT2D eigenvalue weighted by Gasteiger charge is 2.24. The van der Waals surface area contributed by atoms with E-state index in [2.05, 4.69) is 44.7 Å². The molecule has 0 spiro atoms. The molecule has 0 atom stereocenters. The maximum absolute atomic E-state index is 12.5. The van der Waals surface area contributed by atoms with Crippen LogP contribution in [0.1, 0.15) is 47.0 Å². The van der Waals surface area contributed by atoms with Crippen LogP contribution in [-0.2, 0) is 25.8 Å². The lowest BCUT2D eigenvalue weighted by molar-refractivity contribution is 0.341. The molecule has 0 saturated heterocycles. The summed E-state index contributed by atoms with van der Waals surface area (Å²) in [7, 11) is 0. The van der Waals surface area contributed by atoms with Crippen molar-refractivity contribution in [2.75, 3.05) is 6.54 Å². The number of aromatic nitrogens is 3. The van der Waals surface area contributed by atoms with E-state index in [1.807, 2.05) is 6.07 Å². The zero-order valence-electron chi connectivity index (χ0n) is 15.1. The standard InChI is InChI=1S/C21H22N4O2/c26-20-17(11-16-12-22-10-9-18(16)23-20)19-24-21(27-25-19)15-7-5-13-3-1-2-4-14(13)6-8-15/h1-4,11,15,22H,5-10,12H2,(H,23,26). The highest BCUT2D eigenvalue weighted by molar-refractivity contribution is 5.55. The molecule has 2 aliphatic rings. The highest BCUT2D eigenvalue weighted by atomic mass is 16.5. The number of rotatable bonds is 2. The van der Waals surface area contributed by atoms with Crippen molar-refractivity contribution in [2.45, 2.75) is 44.6 Å². The minimum Gasteiger partial charge on any atom is -0.339 e. The van der Waals surface area contributed by atoms with Gasteiger partial charge in [0.25, 0.3) is 5.56 Å². The van der Waals surface area contributed by atoms with Gasteiger partial charge in [-0.15, -0.1) is 0 Å². The molecule has 1 aliphatic carbocycles. The van der Waals surface area contributed by atoms with Crippen LogP contribution in [0.2, 0.25) is 0 Å². The normalized spacial score (nSPS) is 17.2. The van der Waals surface area contributed by atoms with E-state index in [4.69, 9.17) is 4.52 Å². The number of hydrogen-bond acceptors (Lipinski definition) is 5. The van der Waals surface area contributed by atoms with Gasteiger partial charge in [0, 0.05) is 31.1 Å². The van der Waals surface area contributed by atoms with E-state index in [1.54, 1.807) is 0 Å². The highest BCUT2D eigenvalue weighted by Crippen LogP contribution is 2.31. The molecule has 3 aromatic rings. The van der Waals surface area contributed by atoms with Gasteiger partial charge in [0.1, 0.15) is 0 Å². The molecule has 0 unspecified atom stereocenters. The maximum Gasteiger partial charge on any atom is 0.259 e. The van der Waals surface area contributed by atoms with Crippen LogP contribution in [0.5, 0.6) is 0 Å². The van der Waals surface area contributed by atoms with E-state index in [1.165, 1.54) is 11.1 Å². The van der Waals surface area contributed by atoms with Crippen molar-refractivity contribution < 1.29 is 4.52 Å². The molecule has 0 amide bonds. The molecule has 27 heavy (non-hydrogen) atoms. The first-order valence-corrected chi connectivity index (χ1v) is 9.64. The van der Waals surface area contributed by atoms with Crippen LogP contribution < -0.4 is 10.9 Å². The largest absolute Gasteiger partial charge is 0.339 e. The molecule has 2 N–H and O–H groups in total. The monoisotopic (exact) mass is 362 g/mol. The number of hydrogen-bond donors (Lipinski definition) is 2. The van der Waals surface area contributed by atoms with Crippen LogP contribution in [-0.4, -0.2) is 21.7 Å². The van der Waals surface area contributed by atoms with Gasteiger partial charge < -0.3 is 14.8 Å². The fourth-order valence-electron chi connectivity index (χ4n) is 4.20. The van der Waals surface area contributed by atoms with Gasteiger partial charge in [-0.05, 0) is 48.4 Å². The number of nitrogens with zero attached hydrogens (tertiary/aromatic N) is 2. The Morgan fingerprint density at radius 2 is 1.81 bits per heavy atom. The summed E-state index contributed by atoms with van der Waals surface area (Å²) in [5, 5.41) is 7.45. The molecule has 0 bridgehead atoms. The van der Waals surface area contributed by atoms with E-state index >= 15 is 0 Å². The second-order valence-electron chi connectivity index (χ2n) is 7.44. The van der Waals surface area contributed by atoms with Crippen molar-refractivity contribution in [2.24, 2.45) is 0 Å². The zero-order valence-corrected chi connectivity index (χ0v) is 15.1. The lowest BCUT2D eigenvalue weighted by Crippen LogP contribution is -2.27. The second-order valence-corrected chi connectivity index (χ2v) is 7.44. The summed E-state index contributed by atoms with van der Waals surface area (Å²) in [5.74, 6) is 1.27. The van der Waals surface area contributed by atoms with E-state index in [9.17, 15) is 4.79 Å². The average Bonchev–Trinajstić information content (AvgIpc) is 3.08. The predicted molar refractivity (Wildman–Crippen MR) is 102 cm³/mol. The minimum absolute atomic E-state index is 0.142. The summed E-state index contributed by atoms with van der Waals surface area (Å²) in [4.78, 5) is 20.1. The third-order valence-corrected chi connectivity index (χ3v) is 5.76. The number of benzene rings is 1. The van der Waals surface area contributed by atoms with Gasteiger partial charge in [0.2, 0.25) is 11.7 Å². The van der Waals surface area contributed by atoms with Crippen LogP contribution in [0.4, 0.5) is 0 Å². The van der Waals surface area contributed by atoms with Crippen LogP contribution >= 0.6 is 0 Å². The Balaban J connectivity index is 1.42. The van der Waals surface area contributed by atoms with Gasteiger partial charge in [-0.25, -0.2) is 0 Å². The molecule has 0 radical (unpaired) electrons. The Bertz CT molecular complexity index is 1010. The fraction of sp³-hybridized carbons (Fsp3) is 0.381. The number of H-pyrrole nitrogens is 1. The van der Waals surface area contributed by atoms with Crippen molar-refractivity contribution in [3.63, 3.8) is 0 Å². The number of aryl methyl sites for hydroxylation is 2. The molecule has 0 fully saturated rings. The van der Waals surface area contributed by atoms with Crippen molar-refractivity contribution in [1.82, 2.24) is 20.4 Å². The zero-order chi connectivity index (χ0) is 18.2. The van der Waals surface area contributed by atoms with Gasteiger partial charge in [0.05, 0.1) is 5.56 Å². The first kappa shape index (κ1) is 16.4. The Labute approximate surface area is 157 Å². The van der Waals surface area contributed by atoms with Crippen molar-refractivity contribution in [3.05, 3.63) is 69.0 Å². The number of fused-ring (bicyclic) bond motifs is 2. The Hall–Kier alpha value is -2.73. The summed E-state index contributed by atoms with van der Waals surface area (Å²) < 4.78 is 5.58. The molecule has 138 valence electrons. The van der Waals surface area contributed by atoms with Crippen molar-refractivity contribution in [3.8, 4) is 11.4 Å². The molecule has 1 aromatic carbocycles. The Morgan fingerprint density at radius 1 is 1.04 bits per heavy atom. The van der Waals surface area contributed by atoms with Crippen LogP contribution in [0.15, 0.2) is 39.6 Å². The summed E-state index contributed by atoms with van der Waals surface area (Å²) in [5.41, 5.74) is 5.29. The molecule has 6 nitrogen and oxygen atoms in total. The molecular formula is C21H22N4O2. The van der Waals surface area contributed by atoms with E-state index in [0.717, 1.165) is 56.5 Å². The first-order valence-electron chi connectivity index (χ1n) is 9.64. The number of aromatic amines is 1. The number of pyridine rings is 1. The van der Waals surface area contributed by atoms with Gasteiger partial charge in [-0.1, -0.05) is 29.4 Å². The molecular weight excluding hydrogens is 340 g/mol. The molecule has 3 heterocycles. The quantitative estimate of drug-likeness (QED) is 0.685. The summed E-state index contributed by atoms with van der Waals surface area (Å²) in [6, 6.07) is 10.5. The molecule has 6 heteroatoms. The lowest BCUT2D eigenvalue weighted by atomic mass is 9.99. The van der Waals surface area contributed by atoms with Crippen molar-refractivity contribution >= 4 is 0 Å². The maximum atomic E-state index is 12.5. The third kappa shape index (κ3) is 3.10. The predicted octanol–water partition coefficient (Wildman–Crippen LogP) is 2.73. The Morgan fingerprint density at radius 3 is 2.59 bits per heavy atom.